The average Bonchev–Trinajstić information content (AvgIpc) is 2.76. The second kappa shape index (κ2) is 19.3. The van der Waals surface area contributed by atoms with Gasteiger partial charge in [0.05, 0.1) is 0 Å². The molecule has 0 radical (unpaired) electrons. The maximum Gasteiger partial charge on any atom is 0.228 e. The molecule has 1 atom stereocenters. The highest BCUT2D eigenvalue weighted by molar-refractivity contribution is 14.1. The normalized spacial score (nSPS) is 12.5. The van der Waals surface area contributed by atoms with E-state index in [1.54, 1.807) is 0 Å². The van der Waals surface area contributed by atoms with E-state index in [0.717, 1.165) is 22.1 Å². The van der Waals surface area contributed by atoms with Crippen LogP contribution >= 0.6 is 57.4 Å². The number of carbonyl (C=O) groups is 1. The Morgan fingerprint density at radius 1 is 0.818 bits per heavy atom. The van der Waals surface area contributed by atoms with Gasteiger partial charge in [0.25, 0.3) is 0 Å². The summed E-state index contributed by atoms with van der Waals surface area (Å²) in [6.45, 7) is 2.27. The quantitative estimate of drug-likeness (QED) is 0.0691. The van der Waals surface area contributed by atoms with Crippen LogP contribution in [-0.4, -0.2) is 15.9 Å². The highest BCUT2D eigenvalue weighted by atomic mass is 127. The van der Waals surface area contributed by atoms with E-state index in [2.05, 4.69) is 40.1 Å². The van der Waals surface area contributed by atoms with Crippen LogP contribution < -0.4 is 10.6 Å². The molecular formula is C26H42Cl3IN2O. The van der Waals surface area contributed by atoms with Crippen LogP contribution in [0.15, 0.2) is 24.3 Å². The summed E-state index contributed by atoms with van der Waals surface area (Å²) in [5.74, 6) is -0.0977. The first kappa shape index (κ1) is 31.1. The molecule has 1 aromatic rings. The molecule has 0 aliphatic carbocycles. The molecule has 1 aromatic carbocycles. The Kier molecular flexibility index (Phi) is 18.2. The van der Waals surface area contributed by atoms with Crippen LogP contribution in [0.2, 0.25) is 0 Å². The lowest BCUT2D eigenvalue weighted by molar-refractivity contribution is -0.121. The Hall–Kier alpha value is 0.0900. The van der Waals surface area contributed by atoms with Gasteiger partial charge < -0.3 is 10.6 Å². The zero-order valence-electron chi connectivity index (χ0n) is 20.1. The summed E-state index contributed by atoms with van der Waals surface area (Å²) in [5.41, 5.74) is 0.821. The number of carbonyl (C=O) groups excluding carboxylic acids is 1. The van der Waals surface area contributed by atoms with Crippen molar-refractivity contribution in [1.82, 2.24) is 5.32 Å². The van der Waals surface area contributed by atoms with Crippen molar-refractivity contribution in [2.45, 2.75) is 120 Å². The molecule has 0 saturated heterocycles. The van der Waals surface area contributed by atoms with Crippen LogP contribution in [0.4, 0.5) is 5.69 Å². The van der Waals surface area contributed by atoms with Crippen molar-refractivity contribution in [1.29, 1.82) is 0 Å². The number of nitrogens with one attached hydrogen (secondary N) is 2. The Morgan fingerprint density at radius 3 is 1.73 bits per heavy atom. The molecule has 3 nitrogen and oxygen atoms in total. The van der Waals surface area contributed by atoms with Gasteiger partial charge in [0, 0.05) is 15.7 Å². The van der Waals surface area contributed by atoms with Gasteiger partial charge in [-0.3, -0.25) is 4.79 Å². The molecule has 1 rings (SSSR count). The third-order valence-electron chi connectivity index (χ3n) is 5.81. The summed E-state index contributed by atoms with van der Waals surface area (Å²) < 4.78 is -0.657. The second-order valence-electron chi connectivity index (χ2n) is 8.87. The van der Waals surface area contributed by atoms with E-state index in [-0.39, 0.29) is 5.91 Å². The van der Waals surface area contributed by atoms with E-state index in [1.807, 2.05) is 24.3 Å². The van der Waals surface area contributed by atoms with Gasteiger partial charge in [0.2, 0.25) is 9.70 Å². The van der Waals surface area contributed by atoms with Crippen molar-refractivity contribution < 1.29 is 4.79 Å². The molecule has 1 amide bonds. The predicted octanol–water partition coefficient (Wildman–Crippen LogP) is 9.78. The molecule has 0 aliphatic heterocycles. The number of halogens is 4. The van der Waals surface area contributed by atoms with Crippen molar-refractivity contribution in [2.24, 2.45) is 0 Å². The van der Waals surface area contributed by atoms with Gasteiger partial charge >= 0.3 is 0 Å². The molecular weight excluding hydrogens is 590 g/mol. The average molecular weight is 632 g/mol. The summed E-state index contributed by atoms with van der Waals surface area (Å²) in [7, 11) is 0. The summed E-state index contributed by atoms with van der Waals surface area (Å²) in [6.07, 6.45) is 19.2. The fourth-order valence-electron chi connectivity index (χ4n) is 3.82. The molecule has 33 heavy (non-hydrogen) atoms. The first-order chi connectivity index (χ1) is 15.8. The first-order valence-corrected chi connectivity index (χ1v) is 14.9. The van der Waals surface area contributed by atoms with E-state index >= 15 is 0 Å². The summed E-state index contributed by atoms with van der Waals surface area (Å²) >= 11 is 20.5. The van der Waals surface area contributed by atoms with E-state index < -0.39 is 9.96 Å². The minimum atomic E-state index is -1.65. The van der Waals surface area contributed by atoms with Crippen molar-refractivity contribution in [3.05, 3.63) is 27.8 Å². The zero-order chi connectivity index (χ0) is 24.4. The Morgan fingerprint density at radius 2 is 1.27 bits per heavy atom. The van der Waals surface area contributed by atoms with Gasteiger partial charge in [0.1, 0.15) is 6.17 Å². The monoisotopic (exact) mass is 630 g/mol. The fraction of sp³-hybridized carbons (Fsp3) is 0.731. The lowest BCUT2D eigenvalue weighted by Gasteiger charge is -2.28. The van der Waals surface area contributed by atoms with E-state index in [1.165, 1.54) is 83.5 Å². The van der Waals surface area contributed by atoms with Gasteiger partial charge in [0.15, 0.2) is 0 Å². The van der Waals surface area contributed by atoms with Crippen LogP contribution in [0.25, 0.3) is 0 Å². The molecule has 0 heterocycles. The van der Waals surface area contributed by atoms with E-state index in [4.69, 9.17) is 34.8 Å². The van der Waals surface area contributed by atoms with E-state index in [9.17, 15) is 4.79 Å². The van der Waals surface area contributed by atoms with Crippen molar-refractivity contribution >= 4 is 69.0 Å². The predicted molar refractivity (Wildman–Crippen MR) is 155 cm³/mol. The topological polar surface area (TPSA) is 41.1 Å². The number of amides is 1. The van der Waals surface area contributed by atoms with Gasteiger partial charge in [-0.2, -0.15) is 0 Å². The second-order valence-corrected chi connectivity index (χ2v) is 12.4. The fourth-order valence-corrected chi connectivity index (χ4v) is 4.69. The maximum absolute atomic E-state index is 12.4. The highest BCUT2D eigenvalue weighted by Crippen LogP contribution is 2.32. The van der Waals surface area contributed by atoms with Crippen LogP contribution in [0.3, 0.4) is 0 Å². The van der Waals surface area contributed by atoms with Gasteiger partial charge in [-0.15, -0.1) is 0 Å². The standard InChI is InChI=1S/C26H42Cl3IN2O/c1-2-3-4-5-6-7-8-9-10-11-12-13-14-15-16-21-24(33)32-25(26(27,28)29)31-23-20-18-17-19-22(23)30/h17-20,25,31H,2-16,21H2,1H3,(H,32,33)/t25-/m1/s1. The molecule has 0 fully saturated rings. The number of anilines is 1. The summed E-state index contributed by atoms with van der Waals surface area (Å²) in [5, 5.41) is 5.97. The van der Waals surface area contributed by atoms with Crippen LogP contribution in [-0.2, 0) is 4.79 Å². The largest absolute Gasteiger partial charge is 0.361 e. The van der Waals surface area contributed by atoms with E-state index in [0.29, 0.717) is 6.42 Å². The lowest BCUT2D eigenvalue weighted by atomic mass is 10.0. The number of alkyl halides is 3. The van der Waals surface area contributed by atoms with Crippen LogP contribution in [0.5, 0.6) is 0 Å². The Balaban J connectivity index is 2.06. The molecule has 0 saturated carbocycles. The van der Waals surface area contributed by atoms with Crippen molar-refractivity contribution in [3.63, 3.8) is 0 Å². The molecule has 0 aromatic heterocycles. The number of hydrogen-bond donors (Lipinski definition) is 2. The number of rotatable bonds is 19. The number of benzene rings is 1. The van der Waals surface area contributed by atoms with Crippen molar-refractivity contribution in [3.8, 4) is 0 Å². The third kappa shape index (κ3) is 16.4. The molecule has 7 heteroatoms. The number of unbranched alkanes of at least 4 members (excludes halogenated alkanes) is 14. The van der Waals surface area contributed by atoms with Gasteiger partial charge in [-0.05, 0) is 41.1 Å². The molecule has 0 spiro atoms. The molecule has 0 unspecified atom stereocenters. The zero-order valence-corrected chi connectivity index (χ0v) is 24.5. The first-order valence-electron chi connectivity index (χ1n) is 12.7. The van der Waals surface area contributed by atoms with Gasteiger partial charge in [-0.25, -0.2) is 0 Å². The van der Waals surface area contributed by atoms with Crippen LogP contribution in [0.1, 0.15) is 110 Å². The number of hydrogen-bond acceptors (Lipinski definition) is 2. The Labute approximate surface area is 230 Å². The minimum Gasteiger partial charge on any atom is -0.361 e. The highest BCUT2D eigenvalue weighted by Gasteiger charge is 2.34. The molecule has 0 aliphatic rings. The molecule has 190 valence electrons. The lowest BCUT2D eigenvalue weighted by Crippen LogP contribution is -2.49. The summed E-state index contributed by atoms with van der Waals surface area (Å²) in [4.78, 5) is 12.4. The minimum absolute atomic E-state index is 0.0977. The van der Waals surface area contributed by atoms with Gasteiger partial charge in [-0.1, -0.05) is 144 Å². The third-order valence-corrected chi connectivity index (χ3v) is 7.41. The number of para-hydroxylation sites is 1. The SMILES string of the molecule is CCCCCCCCCCCCCCCCCC(=O)N[C@@H](Nc1ccccc1I)C(Cl)(Cl)Cl. The smallest absolute Gasteiger partial charge is 0.228 e. The van der Waals surface area contributed by atoms with Crippen molar-refractivity contribution in [2.75, 3.05) is 5.32 Å². The summed E-state index contributed by atoms with van der Waals surface area (Å²) in [6, 6.07) is 7.69. The maximum atomic E-state index is 12.4. The molecule has 2 N–H and O–H groups in total. The molecule has 0 bridgehead atoms. The van der Waals surface area contributed by atoms with Crippen LogP contribution in [0, 0.1) is 3.57 Å². The Bertz CT molecular complexity index is 640.